The molecule has 1 spiro atoms. The topological polar surface area (TPSA) is 50.7 Å². The third kappa shape index (κ3) is 2.63. The van der Waals surface area contributed by atoms with Crippen LogP contribution in [0.3, 0.4) is 0 Å². The van der Waals surface area contributed by atoms with E-state index in [1.54, 1.807) is 0 Å². The van der Waals surface area contributed by atoms with E-state index >= 15 is 0 Å². The van der Waals surface area contributed by atoms with E-state index in [4.69, 9.17) is 9.47 Å². The first-order valence-electron chi connectivity index (χ1n) is 7.57. The summed E-state index contributed by atoms with van der Waals surface area (Å²) >= 11 is 0. The van der Waals surface area contributed by atoms with E-state index in [9.17, 15) is 5.11 Å². The number of aliphatic hydroxyl groups excluding tert-OH is 1. The number of fused-ring (bicyclic) bond motifs is 1. The average Bonchev–Trinajstić information content (AvgIpc) is 2.46. The molecule has 1 fully saturated rings. The summed E-state index contributed by atoms with van der Waals surface area (Å²) in [6.07, 6.45) is 3.11. The van der Waals surface area contributed by atoms with Crippen molar-refractivity contribution in [1.82, 2.24) is 5.32 Å². The summed E-state index contributed by atoms with van der Waals surface area (Å²) in [4.78, 5) is 0. The Bertz CT molecular complexity index is 469. The standard InChI is InChI=1S/C16H23NO3/c1-2-9-19-12-3-4-15-13(10-12)14(18)11-16(20-15)5-7-17-8-6-16/h3-4,10,14,17-18H,2,5-9,11H2,1H3/t14-/m0/s1. The molecule has 1 aromatic rings. The SMILES string of the molecule is CCCOc1ccc2c(c1)[C@@H](O)CC1(CCNCC1)O2. The Morgan fingerprint density at radius 2 is 2.20 bits per heavy atom. The van der Waals surface area contributed by atoms with Crippen molar-refractivity contribution in [3.8, 4) is 11.5 Å². The largest absolute Gasteiger partial charge is 0.494 e. The van der Waals surface area contributed by atoms with Crippen molar-refractivity contribution in [2.75, 3.05) is 19.7 Å². The van der Waals surface area contributed by atoms with Gasteiger partial charge in [0, 0.05) is 12.0 Å². The lowest BCUT2D eigenvalue weighted by Crippen LogP contribution is -2.49. The molecular weight excluding hydrogens is 254 g/mol. The molecule has 0 amide bonds. The summed E-state index contributed by atoms with van der Waals surface area (Å²) in [5.74, 6) is 1.63. The van der Waals surface area contributed by atoms with Gasteiger partial charge in [-0.25, -0.2) is 0 Å². The first-order chi connectivity index (χ1) is 9.72. The second-order valence-corrected chi connectivity index (χ2v) is 5.80. The molecule has 4 nitrogen and oxygen atoms in total. The molecule has 0 saturated carbocycles. The Morgan fingerprint density at radius 3 is 2.95 bits per heavy atom. The molecule has 0 aliphatic carbocycles. The molecule has 1 saturated heterocycles. The highest BCUT2D eigenvalue weighted by Crippen LogP contribution is 2.44. The van der Waals surface area contributed by atoms with Crippen LogP contribution >= 0.6 is 0 Å². The minimum absolute atomic E-state index is 0.191. The van der Waals surface area contributed by atoms with Gasteiger partial charge in [-0.3, -0.25) is 0 Å². The second kappa shape index (κ2) is 5.62. The Morgan fingerprint density at radius 1 is 1.40 bits per heavy atom. The highest BCUT2D eigenvalue weighted by atomic mass is 16.5. The van der Waals surface area contributed by atoms with E-state index in [2.05, 4.69) is 12.2 Å². The van der Waals surface area contributed by atoms with Crippen LogP contribution in [0.2, 0.25) is 0 Å². The van der Waals surface area contributed by atoms with Crippen molar-refractivity contribution in [1.29, 1.82) is 0 Å². The molecule has 0 radical (unpaired) electrons. The van der Waals surface area contributed by atoms with Crippen LogP contribution in [-0.4, -0.2) is 30.4 Å². The van der Waals surface area contributed by atoms with Crippen LogP contribution in [-0.2, 0) is 0 Å². The zero-order valence-corrected chi connectivity index (χ0v) is 12.0. The first-order valence-corrected chi connectivity index (χ1v) is 7.57. The number of benzene rings is 1. The maximum Gasteiger partial charge on any atom is 0.126 e. The fourth-order valence-electron chi connectivity index (χ4n) is 3.12. The van der Waals surface area contributed by atoms with Crippen LogP contribution in [0.4, 0.5) is 0 Å². The van der Waals surface area contributed by atoms with Crippen LogP contribution in [0.25, 0.3) is 0 Å². The van der Waals surface area contributed by atoms with Crippen LogP contribution < -0.4 is 14.8 Å². The van der Waals surface area contributed by atoms with Gasteiger partial charge in [-0.1, -0.05) is 6.92 Å². The van der Waals surface area contributed by atoms with E-state index in [1.165, 1.54) is 0 Å². The van der Waals surface area contributed by atoms with Gasteiger partial charge in [0.05, 0.1) is 12.7 Å². The molecule has 1 atom stereocenters. The maximum absolute atomic E-state index is 10.5. The molecule has 0 aromatic heterocycles. The summed E-state index contributed by atoms with van der Waals surface area (Å²) in [5.41, 5.74) is 0.673. The van der Waals surface area contributed by atoms with Crippen molar-refractivity contribution in [2.45, 2.75) is 44.3 Å². The molecule has 1 aromatic carbocycles. The highest BCUT2D eigenvalue weighted by molar-refractivity contribution is 5.43. The Hall–Kier alpha value is -1.26. The van der Waals surface area contributed by atoms with Crippen LogP contribution in [0.5, 0.6) is 11.5 Å². The van der Waals surface area contributed by atoms with E-state index in [1.807, 2.05) is 18.2 Å². The normalized spacial score (nSPS) is 24.0. The minimum atomic E-state index is -0.456. The van der Waals surface area contributed by atoms with Crippen molar-refractivity contribution in [2.24, 2.45) is 0 Å². The fraction of sp³-hybridized carbons (Fsp3) is 0.625. The van der Waals surface area contributed by atoms with Crippen molar-refractivity contribution in [3.63, 3.8) is 0 Å². The minimum Gasteiger partial charge on any atom is -0.494 e. The molecule has 2 heterocycles. The monoisotopic (exact) mass is 277 g/mol. The molecule has 3 rings (SSSR count). The molecule has 20 heavy (non-hydrogen) atoms. The predicted molar refractivity (Wildman–Crippen MR) is 77.3 cm³/mol. The lowest BCUT2D eigenvalue weighted by Gasteiger charge is -2.43. The quantitative estimate of drug-likeness (QED) is 0.891. The van der Waals surface area contributed by atoms with Gasteiger partial charge in [0.15, 0.2) is 0 Å². The van der Waals surface area contributed by atoms with Crippen molar-refractivity contribution < 1.29 is 14.6 Å². The van der Waals surface area contributed by atoms with Gasteiger partial charge >= 0.3 is 0 Å². The van der Waals surface area contributed by atoms with Gasteiger partial charge < -0.3 is 19.9 Å². The third-order valence-corrected chi connectivity index (χ3v) is 4.22. The first kappa shape index (κ1) is 13.7. The number of piperidine rings is 1. The van der Waals surface area contributed by atoms with Crippen molar-refractivity contribution in [3.05, 3.63) is 23.8 Å². The number of hydrogen-bond donors (Lipinski definition) is 2. The van der Waals surface area contributed by atoms with Gasteiger partial charge in [-0.2, -0.15) is 0 Å². The van der Waals surface area contributed by atoms with E-state index in [0.717, 1.165) is 49.4 Å². The molecule has 4 heteroatoms. The molecule has 2 N–H and O–H groups in total. The molecule has 2 aliphatic heterocycles. The number of hydrogen-bond acceptors (Lipinski definition) is 4. The number of nitrogens with one attached hydrogen (secondary N) is 1. The predicted octanol–water partition coefficient (Wildman–Crippen LogP) is 2.41. The smallest absolute Gasteiger partial charge is 0.126 e. The highest BCUT2D eigenvalue weighted by Gasteiger charge is 2.41. The van der Waals surface area contributed by atoms with E-state index in [0.29, 0.717) is 13.0 Å². The molecule has 0 bridgehead atoms. The zero-order valence-electron chi connectivity index (χ0n) is 12.0. The number of rotatable bonds is 3. The van der Waals surface area contributed by atoms with Gasteiger partial charge in [0.1, 0.15) is 17.1 Å². The Kier molecular flexibility index (Phi) is 3.85. The molecular formula is C16H23NO3. The number of aliphatic hydroxyl groups is 1. The van der Waals surface area contributed by atoms with Crippen LogP contribution in [0.1, 0.15) is 44.3 Å². The Labute approximate surface area is 120 Å². The number of ether oxygens (including phenoxy) is 2. The van der Waals surface area contributed by atoms with Gasteiger partial charge in [0.2, 0.25) is 0 Å². The summed E-state index contributed by atoms with van der Waals surface area (Å²) in [7, 11) is 0. The maximum atomic E-state index is 10.5. The van der Waals surface area contributed by atoms with Gasteiger partial charge in [0.25, 0.3) is 0 Å². The van der Waals surface area contributed by atoms with Crippen molar-refractivity contribution >= 4 is 0 Å². The lowest BCUT2D eigenvalue weighted by molar-refractivity contribution is -0.0338. The summed E-state index contributed by atoms with van der Waals surface area (Å²) in [6, 6.07) is 5.79. The third-order valence-electron chi connectivity index (χ3n) is 4.22. The summed E-state index contributed by atoms with van der Waals surface area (Å²) in [6.45, 7) is 4.70. The average molecular weight is 277 g/mol. The molecule has 110 valence electrons. The lowest BCUT2D eigenvalue weighted by atomic mass is 9.82. The van der Waals surface area contributed by atoms with Gasteiger partial charge in [-0.05, 0) is 50.6 Å². The fourth-order valence-corrected chi connectivity index (χ4v) is 3.12. The summed E-state index contributed by atoms with van der Waals surface area (Å²) in [5, 5.41) is 13.8. The molecule has 0 unspecified atom stereocenters. The van der Waals surface area contributed by atoms with Crippen LogP contribution in [0, 0.1) is 0 Å². The van der Waals surface area contributed by atoms with Gasteiger partial charge in [-0.15, -0.1) is 0 Å². The molecule has 2 aliphatic rings. The second-order valence-electron chi connectivity index (χ2n) is 5.80. The summed E-state index contributed by atoms with van der Waals surface area (Å²) < 4.78 is 11.9. The van der Waals surface area contributed by atoms with Crippen LogP contribution in [0.15, 0.2) is 18.2 Å². The van der Waals surface area contributed by atoms with E-state index < -0.39 is 6.10 Å². The Balaban J connectivity index is 1.82. The van der Waals surface area contributed by atoms with E-state index in [-0.39, 0.29) is 5.60 Å². The zero-order chi connectivity index (χ0) is 14.0.